The summed E-state index contributed by atoms with van der Waals surface area (Å²) >= 11 is 0. The number of carbonyl (C=O) groups is 1. The molecular formula is C7H9N3O2. The second-order valence-corrected chi connectivity index (χ2v) is 2.31. The number of anilines is 2. The molecule has 0 spiro atoms. The average Bonchev–Trinajstić information content (AvgIpc) is 1.96. The summed E-state index contributed by atoms with van der Waals surface area (Å²) in [6, 6.07) is 1.34. The molecule has 1 aromatic rings. The minimum atomic E-state index is -0.221. The maximum Gasteiger partial charge on any atom is 0.221 e. The van der Waals surface area contributed by atoms with E-state index in [9.17, 15) is 4.79 Å². The standard InChI is InChI=1S/C7H9N3O2/c1-4(11)10-5-2-6(12)7(8)9-3-5/h2-3,12H,1H3,(H2,8,9)(H,10,11). The van der Waals surface area contributed by atoms with Crippen LogP contribution in [0.1, 0.15) is 6.92 Å². The Bertz CT molecular complexity index is 312. The second-order valence-electron chi connectivity index (χ2n) is 2.31. The van der Waals surface area contributed by atoms with Crippen LogP contribution in [0.15, 0.2) is 12.3 Å². The Morgan fingerprint density at radius 3 is 2.92 bits per heavy atom. The molecule has 0 saturated heterocycles. The maximum atomic E-state index is 10.6. The third-order valence-corrected chi connectivity index (χ3v) is 1.22. The predicted octanol–water partition coefficient (Wildman–Crippen LogP) is 0.328. The van der Waals surface area contributed by atoms with Crippen LogP contribution in [-0.4, -0.2) is 16.0 Å². The largest absolute Gasteiger partial charge is 0.504 e. The SMILES string of the molecule is CC(=O)Nc1cnc(N)c(O)c1. The number of nitrogen functional groups attached to an aromatic ring is 1. The highest BCUT2D eigenvalue weighted by atomic mass is 16.3. The number of nitrogens with two attached hydrogens (primary N) is 1. The van der Waals surface area contributed by atoms with Crippen LogP contribution in [0.25, 0.3) is 0 Å². The highest BCUT2D eigenvalue weighted by Gasteiger charge is 2.00. The van der Waals surface area contributed by atoms with Crippen molar-refractivity contribution in [3.05, 3.63) is 12.3 Å². The zero-order chi connectivity index (χ0) is 9.14. The van der Waals surface area contributed by atoms with Crippen molar-refractivity contribution in [1.82, 2.24) is 4.98 Å². The number of rotatable bonds is 1. The van der Waals surface area contributed by atoms with Crippen molar-refractivity contribution in [2.24, 2.45) is 0 Å². The fourth-order valence-corrected chi connectivity index (χ4v) is 0.735. The monoisotopic (exact) mass is 167 g/mol. The van der Waals surface area contributed by atoms with Gasteiger partial charge in [-0.25, -0.2) is 4.98 Å². The van der Waals surface area contributed by atoms with E-state index in [2.05, 4.69) is 10.3 Å². The van der Waals surface area contributed by atoms with E-state index < -0.39 is 0 Å². The van der Waals surface area contributed by atoms with Gasteiger partial charge in [-0.3, -0.25) is 4.79 Å². The summed E-state index contributed by atoms with van der Waals surface area (Å²) in [4.78, 5) is 14.2. The van der Waals surface area contributed by atoms with Crippen molar-refractivity contribution in [3.63, 3.8) is 0 Å². The van der Waals surface area contributed by atoms with Crippen LogP contribution in [0.3, 0.4) is 0 Å². The van der Waals surface area contributed by atoms with Crippen LogP contribution in [0, 0.1) is 0 Å². The molecule has 0 aliphatic carbocycles. The average molecular weight is 167 g/mol. The molecule has 0 saturated carbocycles. The normalized spacial score (nSPS) is 9.42. The number of hydrogen-bond donors (Lipinski definition) is 3. The summed E-state index contributed by atoms with van der Waals surface area (Å²) in [5, 5.41) is 11.5. The quantitative estimate of drug-likeness (QED) is 0.562. The van der Waals surface area contributed by atoms with Gasteiger partial charge in [-0.2, -0.15) is 0 Å². The first-order valence-electron chi connectivity index (χ1n) is 3.31. The zero-order valence-electron chi connectivity index (χ0n) is 6.53. The van der Waals surface area contributed by atoms with Gasteiger partial charge in [0.2, 0.25) is 5.91 Å². The Morgan fingerprint density at radius 1 is 1.75 bits per heavy atom. The van der Waals surface area contributed by atoms with Crippen molar-refractivity contribution in [1.29, 1.82) is 0 Å². The van der Waals surface area contributed by atoms with Gasteiger partial charge in [0.15, 0.2) is 11.6 Å². The Hall–Kier alpha value is -1.78. The third-order valence-electron chi connectivity index (χ3n) is 1.22. The van der Waals surface area contributed by atoms with Crippen LogP contribution >= 0.6 is 0 Å². The maximum absolute atomic E-state index is 10.6. The number of pyridine rings is 1. The van der Waals surface area contributed by atoms with Gasteiger partial charge in [0.25, 0.3) is 0 Å². The number of hydrogen-bond acceptors (Lipinski definition) is 4. The Balaban J connectivity index is 2.89. The molecule has 1 rings (SSSR count). The fraction of sp³-hybridized carbons (Fsp3) is 0.143. The highest BCUT2D eigenvalue weighted by molar-refractivity contribution is 5.88. The number of nitrogens with one attached hydrogen (secondary N) is 1. The molecule has 1 aromatic heterocycles. The number of amides is 1. The van der Waals surface area contributed by atoms with Gasteiger partial charge in [-0.15, -0.1) is 0 Å². The minimum Gasteiger partial charge on any atom is -0.504 e. The fourth-order valence-electron chi connectivity index (χ4n) is 0.735. The van der Waals surface area contributed by atoms with Crippen LogP contribution in [-0.2, 0) is 4.79 Å². The van der Waals surface area contributed by atoms with Gasteiger partial charge in [-0.1, -0.05) is 0 Å². The predicted molar refractivity (Wildman–Crippen MR) is 44.6 cm³/mol. The Kier molecular flexibility index (Phi) is 2.14. The first kappa shape index (κ1) is 8.32. The lowest BCUT2D eigenvalue weighted by Gasteiger charge is -2.02. The van der Waals surface area contributed by atoms with E-state index in [1.54, 1.807) is 0 Å². The first-order chi connectivity index (χ1) is 5.59. The second kappa shape index (κ2) is 3.08. The lowest BCUT2D eigenvalue weighted by atomic mass is 10.3. The summed E-state index contributed by atoms with van der Waals surface area (Å²) in [6.07, 6.45) is 1.37. The van der Waals surface area contributed by atoms with E-state index in [1.165, 1.54) is 19.2 Å². The number of nitrogens with zero attached hydrogens (tertiary/aromatic N) is 1. The molecule has 0 aliphatic heterocycles. The molecule has 64 valence electrons. The Labute approximate surface area is 69.2 Å². The topological polar surface area (TPSA) is 88.2 Å². The van der Waals surface area contributed by atoms with Crippen molar-refractivity contribution in [2.75, 3.05) is 11.1 Å². The van der Waals surface area contributed by atoms with Crippen molar-refractivity contribution < 1.29 is 9.90 Å². The molecule has 1 amide bonds. The summed E-state index contributed by atoms with van der Waals surface area (Å²) in [5.41, 5.74) is 5.67. The summed E-state index contributed by atoms with van der Waals surface area (Å²) in [6.45, 7) is 1.37. The molecule has 0 fully saturated rings. The highest BCUT2D eigenvalue weighted by Crippen LogP contribution is 2.20. The van der Waals surface area contributed by atoms with Crippen LogP contribution in [0.5, 0.6) is 5.75 Å². The number of carbonyl (C=O) groups excluding carboxylic acids is 1. The molecule has 0 radical (unpaired) electrons. The van der Waals surface area contributed by atoms with E-state index in [-0.39, 0.29) is 17.5 Å². The Morgan fingerprint density at radius 2 is 2.42 bits per heavy atom. The number of aromatic nitrogens is 1. The van der Waals surface area contributed by atoms with Crippen LogP contribution in [0.4, 0.5) is 11.5 Å². The van der Waals surface area contributed by atoms with E-state index in [4.69, 9.17) is 10.8 Å². The van der Waals surface area contributed by atoms with E-state index in [0.717, 1.165) is 0 Å². The van der Waals surface area contributed by atoms with Gasteiger partial charge in [0.05, 0.1) is 11.9 Å². The number of aromatic hydroxyl groups is 1. The molecule has 0 aromatic carbocycles. The molecule has 4 N–H and O–H groups in total. The van der Waals surface area contributed by atoms with Gasteiger partial charge in [0.1, 0.15) is 0 Å². The molecule has 5 nitrogen and oxygen atoms in total. The van der Waals surface area contributed by atoms with Crippen LogP contribution < -0.4 is 11.1 Å². The lowest BCUT2D eigenvalue weighted by molar-refractivity contribution is -0.114. The van der Waals surface area contributed by atoms with Gasteiger partial charge >= 0.3 is 0 Å². The summed E-state index contributed by atoms with van der Waals surface area (Å²) < 4.78 is 0. The van der Waals surface area contributed by atoms with Crippen molar-refractivity contribution in [2.45, 2.75) is 6.92 Å². The van der Waals surface area contributed by atoms with E-state index >= 15 is 0 Å². The minimum absolute atomic E-state index is 0.0455. The third kappa shape index (κ3) is 1.85. The van der Waals surface area contributed by atoms with Crippen molar-refractivity contribution >= 4 is 17.4 Å². The lowest BCUT2D eigenvalue weighted by Crippen LogP contribution is -2.06. The molecule has 0 bridgehead atoms. The smallest absolute Gasteiger partial charge is 0.221 e. The molecule has 0 unspecified atom stereocenters. The molecule has 1 heterocycles. The molecule has 12 heavy (non-hydrogen) atoms. The van der Waals surface area contributed by atoms with Crippen LogP contribution in [0.2, 0.25) is 0 Å². The molecular weight excluding hydrogens is 158 g/mol. The zero-order valence-corrected chi connectivity index (χ0v) is 6.53. The van der Waals surface area contributed by atoms with Gasteiger partial charge in [0, 0.05) is 13.0 Å². The van der Waals surface area contributed by atoms with E-state index in [1.807, 2.05) is 0 Å². The van der Waals surface area contributed by atoms with E-state index in [0.29, 0.717) is 5.69 Å². The first-order valence-corrected chi connectivity index (χ1v) is 3.31. The van der Waals surface area contributed by atoms with Gasteiger partial charge in [-0.05, 0) is 0 Å². The summed E-state index contributed by atoms with van der Waals surface area (Å²) in [7, 11) is 0. The van der Waals surface area contributed by atoms with Gasteiger partial charge < -0.3 is 16.2 Å². The summed E-state index contributed by atoms with van der Waals surface area (Å²) in [5.74, 6) is -0.314. The van der Waals surface area contributed by atoms with Crippen molar-refractivity contribution in [3.8, 4) is 5.75 Å². The molecule has 0 aliphatic rings. The molecule has 0 atom stereocenters. The molecule has 5 heteroatoms.